The molecular formula is C15H20N4O3. The van der Waals surface area contributed by atoms with Crippen molar-refractivity contribution in [3.8, 4) is 0 Å². The third kappa shape index (κ3) is 3.82. The van der Waals surface area contributed by atoms with E-state index in [0.29, 0.717) is 19.4 Å². The molecular weight excluding hydrogens is 284 g/mol. The molecule has 7 heteroatoms. The number of nitrogens with zero attached hydrogens (tertiary/aromatic N) is 1. The van der Waals surface area contributed by atoms with Gasteiger partial charge in [-0.05, 0) is 18.9 Å². The van der Waals surface area contributed by atoms with Gasteiger partial charge in [0.15, 0.2) is 0 Å². The maximum Gasteiger partial charge on any atom is 0.324 e. The fourth-order valence-corrected chi connectivity index (χ4v) is 2.51. The van der Waals surface area contributed by atoms with Crippen LogP contribution in [0, 0.1) is 0 Å². The molecule has 1 fully saturated rings. The van der Waals surface area contributed by atoms with Crippen molar-refractivity contribution in [2.75, 3.05) is 6.54 Å². The van der Waals surface area contributed by atoms with Crippen LogP contribution in [0.5, 0.6) is 0 Å². The molecule has 4 N–H and O–H groups in total. The Morgan fingerprint density at radius 2 is 2.14 bits per heavy atom. The monoisotopic (exact) mass is 304 g/mol. The molecule has 1 heterocycles. The molecule has 1 aliphatic rings. The molecule has 0 unspecified atom stereocenters. The van der Waals surface area contributed by atoms with Gasteiger partial charge in [-0.2, -0.15) is 0 Å². The molecule has 1 aromatic carbocycles. The average Bonchev–Trinajstić information content (AvgIpc) is 2.88. The number of nitrogens with two attached hydrogens (primary N) is 1. The van der Waals surface area contributed by atoms with Crippen LogP contribution in [0.25, 0.3) is 0 Å². The lowest BCUT2D eigenvalue weighted by Crippen LogP contribution is -2.52. The van der Waals surface area contributed by atoms with Crippen molar-refractivity contribution in [2.45, 2.75) is 31.5 Å². The number of nitrogens with one attached hydrogen (secondary N) is 2. The minimum absolute atomic E-state index is 0.193. The van der Waals surface area contributed by atoms with Gasteiger partial charge in [-0.15, -0.1) is 0 Å². The van der Waals surface area contributed by atoms with Crippen LogP contribution in [0.3, 0.4) is 0 Å². The molecule has 4 amide bonds. The molecule has 0 spiro atoms. The van der Waals surface area contributed by atoms with Crippen molar-refractivity contribution in [3.63, 3.8) is 0 Å². The first kappa shape index (κ1) is 16.0. The van der Waals surface area contributed by atoms with Crippen molar-refractivity contribution in [1.82, 2.24) is 15.5 Å². The van der Waals surface area contributed by atoms with E-state index >= 15 is 0 Å². The van der Waals surface area contributed by atoms with E-state index in [1.165, 1.54) is 0 Å². The fourth-order valence-electron chi connectivity index (χ4n) is 2.51. The van der Waals surface area contributed by atoms with Gasteiger partial charge >= 0.3 is 6.03 Å². The highest BCUT2D eigenvalue weighted by atomic mass is 16.2. The lowest BCUT2D eigenvalue weighted by atomic mass is 9.98. The van der Waals surface area contributed by atoms with Gasteiger partial charge in [0.1, 0.15) is 0 Å². The summed E-state index contributed by atoms with van der Waals surface area (Å²) in [6.45, 7) is 2.43. The Bertz CT molecular complexity index is 563. The molecule has 0 radical (unpaired) electrons. The number of carbonyl (C=O) groups is 3. The van der Waals surface area contributed by atoms with E-state index in [1.807, 2.05) is 37.3 Å². The van der Waals surface area contributed by atoms with Crippen molar-refractivity contribution < 1.29 is 14.4 Å². The average molecular weight is 304 g/mol. The second-order valence-electron chi connectivity index (χ2n) is 5.75. The number of imide groups is 1. The molecule has 1 saturated heterocycles. The highest BCUT2D eigenvalue weighted by molar-refractivity contribution is 5.85. The van der Waals surface area contributed by atoms with Gasteiger partial charge in [-0.25, -0.2) is 4.79 Å². The normalized spacial score (nSPS) is 23.8. The smallest absolute Gasteiger partial charge is 0.324 e. The van der Waals surface area contributed by atoms with E-state index < -0.39 is 23.5 Å². The minimum Gasteiger partial charge on any atom is -0.368 e. The molecule has 2 atom stereocenters. The molecule has 0 aromatic heterocycles. The zero-order valence-corrected chi connectivity index (χ0v) is 12.4. The first-order valence-electron chi connectivity index (χ1n) is 7.04. The maximum absolute atomic E-state index is 12.3. The summed E-state index contributed by atoms with van der Waals surface area (Å²) in [5.41, 5.74) is 5.50. The number of hydrogen-bond acceptors (Lipinski definition) is 4. The largest absolute Gasteiger partial charge is 0.368 e. The van der Waals surface area contributed by atoms with Gasteiger partial charge in [0.2, 0.25) is 12.3 Å². The maximum atomic E-state index is 12.3. The van der Waals surface area contributed by atoms with E-state index in [4.69, 9.17) is 5.73 Å². The standard InChI is InChI=1S/C15H20N4O3/c1-15(7-12(13(16)21)17-9-15)18-14(22)19(10-20)8-11-5-3-2-4-6-11/h2-6,10,12,17H,7-9H2,1H3,(H2,16,21)(H,18,22)/t12-,15-/m0/s1. The van der Waals surface area contributed by atoms with Gasteiger partial charge in [0.05, 0.1) is 18.1 Å². The van der Waals surface area contributed by atoms with E-state index in [9.17, 15) is 14.4 Å². The van der Waals surface area contributed by atoms with Crippen LogP contribution in [-0.2, 0) is 16.1 Å². The van der Waals surface area contributed by atoms with Gasteiger partial charge in [0, 0.05) is 6.54 Å². The summed E-state index contributed by atoms with van der Waals surface area (Å²) in [6.07, 6.45) is 0.895. The molecule has 7 nitrogen and oxygen atoms in total. The van der Waals surface area contributed by atoms with E-state index in [-0.39, 0.29) is 6.54 Å². The minimum atomic E-state index is -0.616. The topological polar surface area (TPSA) is 105 Å². The molecule has 118 valence electrons. The molecule has 1 aromatic rings. The zero-order valence-electron chi connectivity index (χ0n) is 12.4. The Morgan fingerprint density at radius 3 is 2.68 bits per heavy atom. The number of rotatable bonds is 5. The molecule has 1 aliphatic heterocycles. The summed E-state index contributed by atoms with van der Waals surface area (Å²) in [5, 5.41) is 5.76. The molecule has 0 aliphatic carbocycles. The third-order valence-electron chi connectivity index (χ3n) is 3.73. The van der Waals surface area contributed by atoms with E-state index in [0.717, 1.165) is 10.5 Å². The lowest BCUT2D eigenvalue weighted by Gasteiger charge is -2.27. The first-order chi connectivity index (χ1) is 10.4. The van der Waals surface area contributed by atoms with Crippen LogP contribution < -0.4 is 16.4 Å². The Balaban J connectivity index is 1.98. The van der Waals surface area contributed by atoms with Crippen molar-refractivity contribution in [1.29, 1.82) is 0 Å². The van der Waals surface area contributed by atoms with Crippen LogP contribution in [0.15, 0.2) is 30.3 Å². The Labute approximate surface area is 128 Å². The second-order valence-corrected chi connectivity index (χ2v) is 5.75. The van der Waals surface area contributed by atoms with Gasteiger partial charge in [-0.1, -0.05) is 30.3 Å². The first-order valence-corrected chi connectivity index (χ1v) is 7.04. The van der Waals surface area contributed by atoms with Crippen LogP contribution in [0.2, 0.25) is 0 Å². The Morgan fingerprint density at radius 1 is 1.45 bits per heavy atom. The summed E-state index contributed by atoms with van der Waals surface area (Å²) < 4.78 is 0. The predicted octanol–water partition coefficient (Wildman–Crippen LogP) is -0.0395. The van der Waals surface area contributed by atoms with Gasteiger partial charge in [-0.3, -0.25) is 14.5 Å². The van der Waals surface area contributed by atoms with Crippen molar-refractivity contribution in [2.24, 2.45) is 5.73 Å². The number of hydrogen-bond donors (Lipinski definition) is 3. The molecule has 0 saturated carbocycles. The summed E-state index contributed by atoms with van der Waals surface area (Å²) >= 11 is 0. The molecule has 0 bridgehead atoms. The Hall–Kier alpha value is -2.41. The Kier molecular flexibility index (Phi) is 4.77. The quantitative estimate of drug-likeness (QED) is 0.664. The molecule has 2 rings (SSSR count). The van der Waals surface area contributed by atoms with Crippen LogP contribution in [0.4, 0.5) is 4.79 Å². The number of amides is 4. The highest BCUT2D eigenvalue weighted by Crippen LogP contribution is 2.19. The number of benzene rings is 1. The highest BCUT2D eigenvalue weighted by Gasteiger charge is 2.39. The second kappa shape index (κ2) is 6.57. The third-order valence-corrected chi connectivity index (χ3v) is 3.73. The zero-order chi connectivity index (χ0) is 16.2. The van der Waals surface area contributed by atoms with Crippen LogP contribution >= 0.6 is 0 Å². The van der Waals surface area contributed by atoms with E-state index in [1.54, 1.807) is 0 Å². The van der Waals surface area contributed by atoms with Crippen LogP contribution in [-0.4, -0.2) is 41.4 Å². The summed E-state index contributed by atoms with van der Waals surface area (Å²) in [7, 11) is 0. The van der Waals surface area contributed by atoms with Gasteiger partial charge < -0.3 is 16.4 Å². The number of carbonyl (C=O) groups excluding carboxylic acids is 3. The summed E-state index contributed by atoms with van der Waals surface area (Å²) in [6, 6.07) is 8.27. The van der Waals surface area contributed by atoms with Crippen molar-refractivity contribution in [3.05, 3.63) is 35.9 Å². The predicted molar refractivity (Wildman–Crippen MR) is 80.6 cm³/mol. The van der Waals surface area contributed by atoms with Gasteiger partial charge in [0.25, 0.3) is 0 Å². The number of urea groups is 1. The van der Waals surface area contributed by atoms with Crippen molar-refractivity contribution >= 4 is 18.3 Å². The lowest BCUT2D eigenvalue weighted by molar-refractivity contribution is -0.120. The SMILES string of the molecule is C[C@@]1(NC(=O)N(C=O)Cc2ccccc2)CN[C@H](C(N)=O)C1. The summed E-state index contributed by atoms with van der Waals surface area (Å²) in [4.78, 5) is 35.7. The molecule has 22 heavy (non-hydrogen) atoms. The number of primary amides is 1. The fraction of sp³-hybridized carbons (Fsp3) is 0.400. The van der Waals surface area contributed by atoms with E-state index in [2.05, 4.69) is 10.6 Å². The van der Waals surface area contributed by atoms with Crippen LogP contribution in [0.1, 0.15) is 18.9 Å². The summed E-state index contributed by atoms with van der Waals surface area (Å²) in [5.74, 6) is -0.450.